The van der Waals surface area contributed by atoms with Crippen LogP contribution in [-0.2, 0) is 9.59 Å². The number of rotatable bonds is 4. The fourth-order valence-corrected chi connectivity index (χ4v) is 4.61. The van der Waals surface area contributed by atoms with Gasteiger partial charge in [0.2, 0.25) is 0 Å². The van der Waals surface area contributed by atoms with Crippen LogP contribution >= 0.6 is 11.3 Å². The highest BCUT2D eigenvalue weighted by atomic mass is 32.1. The Morgan fingerprint density at radius 2 is 2.09 bits per heavy atom. The second-order valence-electron chi connectivity index (χ2n) is 6.06. The normalized spacial score (nSPS) is 22.9. The Labute approximate surface area is 134 Å². The van der Waals surface area contributed by atoms with Crippen molar-refractivity contribution in [1.82, 2.24) is 4.90 Å². The molecular weight excluding hydrogens is 298 g/mol. The van der Waals surface area contributed by atoms with Gasteiger partial charge >= 0.3 is 0 Å². The molecule has 1 amide bonds. The van der Waals surface area contributed by atoms with Gasteiger partial charge in [-0.3, -0.25) is 9.59 Å². The van der Waals surface area contributed by atoms with E-state index in [1.165, 1.54) is 0 Å². The molecule has 1 saturated carbocycles. The molecule has 3 rings (SSSR count). The predicted octanol–water partition coefficient (Wildman–Crippen LogP) is 3.67. The van der Waals surface area contributed by atoms with Crippen LogP contribution < -0.4 is 0 Å². The van der Waals surface area contributed by atoms with Gasteiger partial charge < -0.3 is 10.0 Å². The van der Waals surface area contributed by atoms with E-state index in [0.717, 1.165) is 36.1 Å². The van der Waals surface area contributed by atoms with Gasteiger partial charge in [-0.05, 0) is 36.8 Å². The van der Waals surface area contributed by atoms with E-state index in [2.05, 4.69) is 0 Å². The summed E-state index contributed by atoms with van der Waals surface area (Å²) in [5.41, 5.74) is 1.37. The van der Waals surface area contributed by atoms with Crippen LogP contribution in [0.4, 0.5) is 0 Å². The third kappa shape index (κ3) is 2.28. The summed E-state index contributed by atoms with van der Waals surface area (Å²) in [5.74, 6) is -0.845. The van der Waals surface area contributed by atoms with Crippen molar-refractivity contribution in [3.63, 3.8) is 0 Å². The van der Waals surface area contributed by atoms with E-state index < -0.39 is 6.04 Å². The van der Waals surface area contributed by atoms with Crippen LogP contribution in [0, 0.1) is 6.92 Å². The Morgan fingerprint density at radius 3 is 2.64 bits per heavy atom. The maximum Gasteiger partial charge on any atom is 0.290 e. The number of ketones is 1. The quantitative estimate of drug-likeness (QED) is 0.921. The lowest BCUT2D eigenvalue weighted by Crippen LogP contribution is -2.38. The van der Waals surface area contributed by atoms with Crippen molar-refractivity contribution >= 4 is 23.0 Å². The second kappa shape index (κ2) is 5.88. The van der Waals surface area contributed by atoms with Crippen LogP contribution in [0.2, 0.25) is 0 Å². The van der Waals surface area contributed by atoms with Gasteiger partial charge in [0.25, 0.3) is 5.91 Å². The van der Waals surface area contributed by atoms with Gasteiger partial charge in [0.1, 0.15) is 0 Å². The Morgan fingerprint density at radius 1 is 1.41 bits per heavy atom. The summed E-state index contributed by atoms with van der Waals surface area (Å²) < 4.78 is 0. The summed E-state index contributed by atoms with van der Waals surface area (Å²) in [5, 5.41) is 12.3. The van der Waals surface area contributed by atoms with E-state index in [1.807, 2.05) is 18.4 Å². The minimum atomic E-state index is -0.400. The summed E-state index contributed by atoms with van der Waals surface area (Å²) in [7, 11) is 0. The molecule has 1 aliphatic heterocycles. The largest absolute Gasteiger partial charge is 0.503 e. The molecular formula is C17H21NO3S. The zero-order valence-corrected chi connectivity index (χ0v) is 13.8. The van der Waals surface area contributed by atoms with Gasteiger partial charge in [-0.1, -0.05) is 19.8 Å². The molecule has 0 aromatic carbocycles. The number of Topliss-reactive ketones (excluding diaryl/α,β-unsaturated/α-hetero) is 1. The van der Waals surface area contributed by atoms with Crippen molar-refractivity contribution in [2.75, 3.05) is 0 Å². The van der Waals surface area contributed by atoms with Crippen LogP contribution in [-0.4, -0.2) is 27.7 Å². The molecule has 5 heteroatoms. The maximum atomic E-state index is 12.6. The van der Waals surface area contributed by atoms with Gasteiger partial charge in [0.15, 0.2) is 11.5 Å². The number of amides is 1. The summed E-state index contributed by atoms with van der Waals surface area (Å²) in [6, 6.07) is 1.73. The molecule has 1 fully saturated rings. The molecule has 0 radical (unpaired) electrons. The summed E-state index contributed by atoms with van der Waals surface area (Å²) in [4.78, 5) is 27.7. The van der Waals surface area contributed by atoms with Crippen LogP contribution in [0.3, 0.4) is 0 Å². The van der Waals surface area contributed by atoms with Gasteiger partial charge in [0, 0.05) is 17.3 Å². The third-order valence-corrected chi connectivity index (χ3v) is 5.80. The third-order valence-electron chi connectivity index (χ3n) is 4.73. The lowest BCUT2D eigenvalue weighted by Gasteiger charge is -2.31. The molecule has 22 heavy (non-hydrogen) atoms. The monoisotopic (exact) mass is 319 g/mol. The topological polar surface area (TPSA) is 57.6 Å². The second-order valence-corrected chi connectivity index (χ2v) is 7.01. The molecule has 1 aromatic heterocycles. The van der Waals surface area contributed by atoms with Gasteiger partial charge in [0.05, 0.1) is 11.6 Å². The molecule has 2 heterocycles. The molecule has 2 aliphatic rings. The molecule has 4 nitrogen and oxygen atoms in total. The van der Waals surface area contributed by atoms with E-state index in [1.54, 1.807) is 23.2 Å². The van der Waals surface area contributed by atoms with Crippen molar-refractivity contribution in [2.24, 2.45) is 0 Å². The zero-order chi connectivity index (χ0) is 15.9. The van der Waals surface area contributed by atoms with Crippen molar-refractivity contribution in [2.45, 2.75) is 58.0 Å². The SMILES string of the molecule is CCC(=O)C1=C(O)C(=O)N(C2CCCC2)C1c1sccc1C. The standard InChI is InChI=1S/C17H21NO3S/c1-3-12(19)13-14(16-10(2)8-9-22-16)18(17(21)15(13)20)11-6-4-5-7-11/h8-9,11,14,20H,3-7H2,1-2H3. The van der Waals surface area contributed by atoms with E-state index >= 15 is 0 Å². The maximum absolute atomic E-state index is 12.6. The predicted molar refractivity (Wildman–Crippen MR) is 85.9 cm³/mol. The molecule has 1 aromatic rings. The first-order chi connectivity index (χ1) is 10.6. The highest BCUT2D eigenvalue weighted by molar-refractivity contribution is 7.10. The fourth-order valence-electron chi connectivity index (χ4n) is 3.58. The van der Waals surface area contributed by atoms with E-state index in [0.29, 0.717) is 12.0 Å². The number of hydrogen-bond acceptors (Lipinski definition) is 4. The van der Waals surface area contributed by atoms with E-state index in [4.69, 9.17) is 0 Å². The molecule has 0 bridgehead atoms. The number of hydrogen-bond donors (Lipinski definition) is 1. The molecule has 1 unspecified atom stereocenters. The summed E-state index contributed by atoms with van der Waals surface area (Å²) in [6.45, 7) is 3.76. The average Bonchev–Trinajstić information content (AvgIpc) is 3.20. The average molecular weight is 319 g/mol. The number of aliphatic hydroxyl groups is 1. The van der Waals surface area contributed by atoms with Crippen molar-refractivity contribution in [3.8, 4) is 0 Å². The molecule has 0 saturated heterocycles. The highest BCUT2D eigenvalue weighted by Crippen LogP contribution is 2.45. The first-order valence-corrected chi connectivity index (χ1v) is 8.77. The van der Waals surface area contributed by atoms with Crippen molar-refractivity contribution in [1.29, 1.82) is 0 Å². The summed E-state index contributed by atoms with van der Waals surface area (Å²) >= 11 is 1.55. The minimum absolute atomic E-state index is 0.128. The smallest absolute Gasteiger partial charge is 0.290 e. The number of thiophene rings is 1. The summed E-state index contributed by atoms with van der Waals surface area (Å²) in [6.07, 6.45) is 4.40. The van der Waals surface area contributed by atoms with Crippen LogP contribution in [0.5, 0.6) is 0 Å². The van der Waals surface area contributed by atoms with Crippen LogP contribution in [0.1, 0.15) is 55.5 Å². The number of aryl methyl sites for hydroxylation is 1. The lowest BCUT2D eigenvalue weighted by atomic mass is 9.97. The lowest BCUT2D eigenvalue weighted by molar-refractivity contribution is -0.131. The van der Waals surface area contributed by atoms with Crippen LogP contribution in [0.25, 0.3) is 0 Å². The Hall–Kier alpha value is -1.62. The molecule has 0 spiro atoms. The number of aliphatic hydroxyl groups excluding tert-OH is 1. The molecule has 118 valence electrons. The Balaban J connectivity index is 2.09. The Bertz CT molecular complexity index is 640. The number of carbonyl (C=O) groups is 2. The minimum Gasteiger partial charge on any atom is -0.503 e. The van der Waals surface area contributed by atoms with Gasteiger partial charge in [-0.15, -0.1) is 11.3 Å². The van der Waals surface area contributed by atoms with E-state index in [9.17, 15) is 14.7 Å². The van der Waals surface area contributed by atoms with Crippen molar-refractivity contribution in [3.05, 3.63) is 33.2 Å². The zero-order valence-electron chi connectivity index (χ0n) is 13.0. The van der Waals surface area contributed by atoms with Crippen molar-refractivity contribution < 1.29 is 14.7 Å². The van der Waals surface area contributed by atoms with Gasteiger partial charge in [-0.25, -0.2) is 0 Å². The highest BCUT2D eigenvalue weighted by Gasteiger charge is 2.47. The molecule has 1 atom stereocenters. The Kier molecular flexibility index (Phi) is 4.08. The molecule has 1 N–H and O–H groups in total. The number of carbonyl (C=O) groups excluding carboxylic acids is 2. The van der Waals surface area contributed by atoms with E-state index in [-0.39, 0.29) is 23.5 Å². The van der Waals surface area contributed by atoms with Crippen LogP contribution in [0.15, 0.2) is 22.8 Å². The fraction of sp³-hybridized carbons (Fsp3) is 0.529. The first-order valence-electron chi connectivity index (χ1n) is 7.89. The molecule has 1 aliphatic carbocycles. The van der Waals surface area contributed by atoms with Gasteiger partial charge in [-0.2, -0.15) is 0 Å². The number of nitrogens with zero attached hydrogens (tertiary/aromatic N) is 1. The first kappa shape index (κ1) is 15.3.